The number of rotatable bonds is 7. The first-order chi connectivity index (χ1) is 13.1. The first kappa shape index (κ1) is 21.5. The molecule has 28 heavy (non-hydrogen) atoms. The van der Waals surface area contributed by atoms with E-state index in [1.807, 2.05) is 0 Å². The maximum Gasteiger partial charge on any atom is 0.344 e. The molecule has 8 heteroatoms. The molecule has 0 saturated carbocycles. The number of hydrogen-bond donors (Lipinski definition) is 1. The highest BCUT2D eigenvalue weighted by Gasteiger charge is 2.27. The number of carbonyl (C=O) groups is 3. The Morgan fingerprint density at radius 2 is 1.86 bits per heavy atom. The molecule has 0 saturated heterocycles. The zero-order valence-corrected chi connectivity index (χ0v) is 17.1. The normalized spacial score (nSPS) is 11.6. The lowest BCUT2D eigenvalue weighted by atomic mass is 10.1. The number of esters is 2. The van der Waals surface area contributed by atoms with E-state index in [9.17, 15) is 14.4 Å². The topological polar surface area (TPSA) is 94.7 Å². The summed E-state index contributed by atoms with van der Waals surface area (Å²) in [7, 11) is 1.27. The average molecular weight is 408 g/mol. The molecule has 0 aliphatic heterocycles. The number of methoxy groups -OCH3 is 1. The number of aromatic nitrogens is 1. The van der Waals surface area contributed by atoms with Gasteiger partial charge >= 0.3 is 11.9 Å². The summed E-state index contributed by atoms with van der Waals surface area (Å²) in [6, 6.07) is 5.01. The van der Waals surface area contributed by atoms with Crippen molar-refractivity contribution >= 4 is 29.3 Å². The monoisotopic (exact) mass is 407 g/mol. The number of halogens is 1. The van der Waals surface area contributed by atoms with Crippen LogP contribution in [0.15, 0.2) is 18.2 Å². The van der Waals surface area contributed by atoms with Crippen LogP contribution in [0.2, 0.25) is 5.02 Å². The Morgan fingerprint density at radius 3 is 2.46 bits per heavy atom. The van der Waals surface area contributed by atoms with Crippen LogP contribution in [0.1, 0.15) is 44.6 Å². The molecule has 1 atom stereocenters. The second-order valence-electron chi connectivity index (χ2n) is 6.31. The largest absolute Gasteiger partial charge is 0.482 e. The van der Waals surface area contributed by atoms with Crippen molar-refractivity contribution < 1.29 is 28.6 Å². The Balaban J connectivity index is 2.02. The Hall–Kier alpha value is -2.80. The van der Waals surface area contributed by atoms with Crippen LogP contribution >= 0.6 is 11.6 Å². The Kier molecular flexibility index (Phi) is 6.85. The van der Waals surface area contributed by atoms with E-state index in [2.05, 4.69) is 4.98 Å². The molecule has 0 amide bonds. The number of nitrogens with one attached hydrogen (secondary N) is 1. The number of aryl methyl sites for hydroxylation is 2. The van der Waals surface area contributed by atoms with E-state index in [0.29, 0.717) is 27.6 Å². The first-order valence-electron chi connectivity index (χ1n) is 8.55. The maximum atomic E-state index is 12.6. The van der Waals surface area contributed by atoms with E-state index >= 15 is 0 Å². The summed E-state index contributed by atoms with van der Waals surface area (Å²) >= 11 is 5.88. The van der Waals surface area contributed by atoms with E-state index < -0.39 is 23.8 Å². The van der Waals surface area contributed by atoms with Gasteiger partial charge in [-0.05, 0) is 57.0 Å². The second-order valence-corrected chi connectivity index (χ2v) is 6.75. The molecule has 2 aromatic rings. The molecule has 0 bridgehead atoms. The minimum absolute atomic E-state index is 0.202. The van der Waals surface area contributed by atoms with Gasteiger partial charge in [-0.25, -0.2) is 9.59 Å². The molecule has 0 aliphatic carbocycles. The highest BCUT2D eigenvalue weighted by atomic mass is 35.5. The van der Waals surface area contributed by atoms with Crippen LogP contribution < -0.4 is 4.74 Å². The Bertz CT molecular complexity index is 918. The van der Waals surface area contributed by atoms with Gasteiger partial charge in [0, 0.05) is 10.7 Å². The van der Waals surface area contributed by atoms with E-state index in [0.717, 1.165) is 5.56 Å². The number of benzene rings is 1. The van der Waals surface area contributed by atoms with Crippen molar-refractivity contribution in [3.8, 4) is 5.75 Å². The first-order valence-corrected chi connectivity index (χ1v) is 8.93. The molecular formula is C20H22ClNO6. The highest BCUT2D eigenvalue weighted by Crippen LogP contribution is 2.22. The zero-order valence-electron chi connectivity index (χ0n) is 16.3. The van der Waals surface area contributed by atoms with Gasteiger partial charge < -0.3 is 19.2 Å². The van der Waals surface area contributed by atoms with Gasteiger partial charge in [0.2, 0.25) is 5.78 Å². The lowest BCUT2D eigenvalue weighted by Crippen LogP contribution is -2.28. The fourth-order valence-electron chi connectivity index (χ4n) is 2.80. The van der Waals surface area contributed by atoms with E-state index in [1.165, 1.54) is 14.0 Å². The fourth-order valence-corrected chi connectivity index (χ4v) is 3.03. The minimum Gasteiger partial charge on any atom is -0.482 e. The van der Waals surface area contributed by atoms with Crippen molar-refractivity contribution in [3.05, 3.63) is 51.3 Å². The van der Waals surface area contributed by atoms with Gasteiger partial charge in [-0.15, -0.1) is 0 Å². The van der Waals surface area contributed by atoms with Crippen LogP contribution in [-0.4, -0.2) is 42.5 Å². The number of carbonyl (C=O) groups excluding carboxylic acids is 3. The van der Waals surface area contributed by atoms with Crippen LogP contribution in [0.3, 0.4) is 0 Å². The minimum atomic E-state index is -1.05. The molecule has 1 aromatic heterocycles. The standard InChI is InChI=1S/C20H22ClNO6/c1-10-8-14(21)6-7-15(10)27-9-16(23)28-13(4)19(24)18-11(2)17(12(3)22-18)20(25)26-5/h6-8,13,22H,9H2,1-5H3/t13-/m0/s1. The zero-order chi connectivity index (χ0) is 21.0. The van der Waals surface area contributed by atoms with Gasteiger partial charge in [-0.3, -0.25) is 4.79 Å². The summed E-state index contributed by atoms with van der Waals surface area (Å²) in [5.41, 5.74) is 2.23. The van der Waals surface area contributed by atoms with E-state index in [4.69, 9.17) is 25.8 Å². The summed E-state index contributed by atoms with van der Waals surface area (Å²) < 4.78 is 15.3. The molecular weight excluding hydrogens is 386 g/mol. The smallest absolute Gasteiger partial charge is 0.344 e. The van der Waals surface area contributed by atoms with Crippen molar-refractivity contribution in [2.24, 2.45) is 0 Å². The summed E-state index contributed by atoms with van der Waals surface area (Å²) in [5.74, 6) is -1.18. The lowest BCUT2D eigenvalue weighted by molar-refractivity contribution is -0.148. The predicted octanol–water partition coefficient (Wildman–Crippen LogP) is 3.57. The van der Waals surface area contributed by atoms with Crippen LogP contribution in [0.25, 0.3) is 0 Å². The van der Waals surface area contributed by atoms with Crippen molar-refractivity contribution in [2.45, 2.75) is 33.8 Å². The SMILES string of the molecule is COC(=O)c1c(C)[nH]c(C(=O)[C@H](C)OC(=O)COc2ccc(Cl)cc2C)c1C. The number of ether oxygens (including phenoxy) is 3. The maximum absolute atomic E-state index is 12.6. The molecule has 0 aliphatic rings. The summed E-state index contributed by atoms with van der Waals surface area (Å²) in [5, 5.41) is 0.564. The van der Waals surface area contributed by atoms with Crippen LogP contribution in [0, 0.1) is 20.8 Å². The fraction of sp³-hybridized carbons (Fsp3) is 0.350. The van der Waals surface area contributed by atoms with Crippen LogP contribution in [0.4, 0.5) is 0 Å². The Labute approximate surface area is 167 Å². The Morgan fingerprint density at radius 1 is 1.18 bits per heavy atom. The van der Waals surface area contributed by atoms with E-state index in [-0.39, 0.29) is 12.3 Å². The van der Waals surface area contributed by atoms with Crippen molar-refractivity contribution in [1.82, 2.24) is 4.98 Å². The van der Waals surface area contributed by atoms with Crippen molar-refractivity contribution in [3.63, 3.8) is 0 Å². The predicted molar refractivity (Wildman–Crippen MR) is 103 cm³/mol. The molecule has 1 heterocycles. The van der Waals surface area contributed by atoms with Gasteiger partial charge in [-0.1, -0.05) is 11.6 Å². The number of Topliss-reactive ketones (excluding diaryl/α,β-unsaturated/α-hetero) is 1. The van der Waals surface area contributed by atoms with E-state index in [1.54, 1.807) is 39.0 Å². The average Bonchev–Trinajstić information content (AvgIpc) is 2.93. The highest BCUT2D eigenvalue weighted by molar-refractivity contribution is 6.30. The third-order valence-electron chi connectivity index (χ3n) is 4.23. The summed E-state index contributed by atoms with van der Waals surface area (Å²) in [6.45, 7) is 6.20. The number of aromatic amines is 1. The lowest BCUT2D eigenvalue weighted by Gasteiger charge is -2.13. The van der Waals surface area contributed by atoms with Gasteiger partial charge in [0.15, 0.2) is 12.7 Å². The molecule has 0 spiro atoms. The molecule has 0 fully saturated rings. The van der Waals surface area contributed by atoms with Crippen molar-refractivity contribution in [1.29, 1.82) is 0 Å². The quantitative estimate of drug-likeness (QED) is 0.557. The number of H-pyrrole nitrogens is 1. The molecule has 0 radical (unpaired) electrons. The number of hydrogen-bond acceptors (Lipinski definition) is 6. The molecule has 0 unspecified atom stereocenters. The molecule has 2 rings (SSSR count). The molecule has 150 valence electrons. The third-order valence-corrected chi connectivity index (χ3v) is 4.47. The summed E-state index contributed by atoms with van der Waals surface area (Å²) in [6.07, 6.45) is -1.05. The third kappa shape index (κ3) is 4.72. The number of ketones is 1. The second kappa shape index (κ2) is 8.93. The van der Waals surface area contributed by atoms with Gasteiger partial charge in [0.25, 0.3) is 0 Å². The molecule has 1 N–H and O–H groups in total. The summed E-state index contributed by atoms with van der Waals surface area (Å²) in [4.78, 5) is 39.4. The van der Waals surface area contributed by atoms with Crippen molar-refractivity contribution in [2.75, 3.05) is 13.7 Å². The van der Waals surface area contributed by atoms with Gasteiger partial charge in [0.1, 0.15) is 5.75 Å². The van der Waals surface area contributed by atoms with Gasteiger partial charge in [0.05, 0.1) is 18.4 Å². The van der Waals surface area contributed by atoms with Gasteiger partial charge in [-0.2, -0.15) is 0 Å². The van der Waals surface area contributed by atoms with Crippen LogP contribution in [-0.2, 0) is 14.3 Å². The molecule has 1 aromatic carbocycles. The molecule has 7 nitrogen and oxygen atoms in total. The van der Waals surface area contributed by atoms with Crippen LogP contribution in [0.5, 0.6) is 5.75 Å².